The first-order valence-corrected chi connectivity index (χ1v) is 4.73. The molecule has 0 aliphatic rings. The second-order valence-corrected chi connectivity index (χ2v) is 3.35. The summed E-state index contributed by atoms with van der Waals surface area (Å²) in [6, 6.07) is 11.1. The van der Waals surface area contributed by atoms with Gasteiger partial charge in [0.15, 0.2) is 0 Å². The summed E-state index contributed by atoms with van der Waals surface area (Å²) in [6.45, 7) is 0.358. The molecular formula is C11H12N2O2. The molecule has 2 rings (SSSR count). The van der Waals surface area contributed by atoms with Gasteiger partial charge in [0.25, 0.3) is 5.56 Å². The Bertz CT molecular complexity index is 485. The maximum absolute atomic E-state index is 11.4. The van der Waals surface area contributed by atoms with E-state index in [4.69, 9.17) is 5.11 Å². The maximum atomic E-state index is 11.4. The summed E-state index contributed by atoms with van der Waals surface area (Å²) in [7, 11) is 0. The smallest absolute Gasteiger partial charge is 0.267 e. The molecule has 0 amide bonds. The van der Waals surface area contributed by atoms with Crippen LogP contribution in [-0.4, -0.2) is 14.9 Å². The van der Waals surface area contributed by atoms with Gasteiger partial charge in [-0.3, -0.25) is 9.89 Å². The van der Waals surface area contributed by atoms with E-state index in [1.165, 1.54) is 10.7 Å². The number of nitrogens with zero attached hydrogens (tertiary/aromatic N) is 1. The fourth-order valence-corrected chi connectivity index (χ4v) is 1.45. The van der Waals surface area contributed by atoms with Crippen LogP contribution in [0.1, 0.15) is 11.3 Å². The van der Waals surface area contributed by atoms with Gasteiger partial charge in [0.1, 0.15) is 0 Å². The molecule has 0 saturated carbocycles. The van der Waals surface area contributed by atoms with E-state index in [1.807, 2.05) is 30.3 Å². The Hall–Kier alpha value is -1.81. The Morgan fingerprint density at radius 3 is 2.60 bits per heavy atom. The van der Waals surface area contributed by atoms with Crippen molar-refractivity contribution >= 4 is 0 Å². The molecule has 0 unspecified atom stereocenters. The van der Waals surface area contributed by atoms with Crippen molar-refractivity contribution in [3.05, 3.63) is 58.0 Å². The zero-order chi connectivity index (χ0) is 10.7. The van der Waals surface area contributed by atoms with Gasteiger partial charge in [-0.1, -0.05) is 30.3 Å². The number of aliphatic hydroxyl groups excluding tert-OH is 1. The van der Waals surface area contributed by atoms with Gasteiger partial charge < -0.3 is 5.11 Å². The second-order valence-electron chi connectivity index (χ2n) is 3.35. The third-order valence-corrected chi connectivity index (χ3v) is 2.20. The van der Waals surface area contributed by atoms with Gasteiger partial charge in [0, 0.05) is 6.07 Å². The summed E-state index contributed by atoms with van der Waals surface area (Å²) < 4.78 is 1.47. The minimum Gasteiger partial charge on any atom is -0.390 e. The van der Waals surface area contributed by atoms with Gasteiger partial charge in [0.05, 0.1) is 18.8 Å². The molecule has 0 spiro atoms. The van der Waals surface area contributed by atoms with Crippen LogP contribution in [0.4, 0.5) is 0 Å². The number of benzene rings is 1. The van der Waals surface area contributed by atoms with Crippen molar-refractivity contribution in [3.8, 4) is 0 Å². The monoisotopic (exact) mass is 204 g/mol. The molecule has 0 aliphatic heterocycles. The number of nitrogens with one attached hydrogen (secondary N) is 1. The molecule has 1 aromatic carbocycles. The predicted octanol–water partition coefficient (Wildman–Crippen LogP) is 0.717. The SMILES string of the molecule is O=c1cc(CO)[nH]n1Cc1ccccc1. The molecule has 2 aromatic rings. The molecule has 4 heteroatoms. The number of aromatic amines is 1. The molecule has 0 atom stereocenters. The van der Waals surface area contributed by atoms with E-state index in [2.05, 4.69) is 5.10 Å². The molecule has 4 nitrogen and oxygen atoms in total. The fourth-order valence-electron chi connectivity index (χ4n) is 1.45. The first-order chi connectivity index (χ1) is 7.29. The third-order valence-electron chi connectivity index (χ3n) is 2.20. The average Bonchev–Trinajstić information content (AvgIpc) is 2.61. The molecule has 0 saturated heterocycles. The van der Waals surface area contributed by atoms with Gasteiger partial charge >= 0.3 is 0 Å². The Morgan fingerprint density at radius 2 is 2.00 bits per heavy atom. The standard InChI is InChI=1S/C11H12N2O2/c14-8-10-6-11(15)13(12-10)7-9-4-2-1-3-5-9/h1-6,12,14H,7-8H2. The number of aliphatic hydroxyl groups is 1. The first kappa shape index (κ1) is 9.73. The molecule has 78 valence electrons. The molecular weight excluding hydrogens is 192 g/mol. The average molecular weight is 204 g/mol. The molecule has 1 heterocycles. The molecule has 15 heavy (non-hydrogen) atoms. The molecule has 0 radical (unpaired) electrons. The first-order valence-electron chi connectivity index (χ1n) is 4.73. The van der Waals surface area contributed by atoms with Gasteiger partial charge in [-0.2, -0.15) is 0 Å². The quantitative estimate of drug-likeness (QED) is 0.773. The minimum atomic E-state index is -0.142. The largest absolute Gasteiger partial charge is 0.390 e. The topological polar surface area (TPSA) is 58.0 Å². The highest BCUT2D eigenvalue weighted by atomic mass is 16.3. The predicted molar refractivity (Wildman–Crippen MR) is 56.5 cm³/mol. The Kier molecular flexibility index (Phi) is 2.69. The van der Waals surface area contributed by atoms with Gasteiger partial charge in [0.2, 0.25) is 0 Å². The maximum Gasteiger partial charge on any atom is 0.267 e. The summed E-state index contributed by atoms with van der Waals surface area (Å²) in [5.74, 6) is 0. The van der Waals surface area contributed by atoms with Crippen LogP contribution in [0, 0.1) is 0 Å². The zero-order valence-corrected chi connectivity index (χ0v) is 8.18. The minimum absolute atomic E-state index is 0.122. The van der Waals surface area contributed by atoms with Crippen molar-refractivity contribution in [2.24, 2.45) is 0 Å². The zero-order valence-electron chi connectivity index (χ0n) is 8.18. The number of H-pyrrole nitrogens is 1. The van der Waals surface area contributed by atoms with E-state index in [9.17, 15) is 4.79 Å². The van der Waals surface area contributed by atoms with Crippen LogP contribution in [0.3, 0.4) is 0 Å². The van der Waals surface area contributed by atoms with Crippen LogP contribution in [0.25, 0.3) is 0 Å². The van der Waals surface area contributed by atoms with Crippen molar-refractivity contribution in [2.45, 2.75) is 13.2 Å². The van der Waals surface area contributed by atoms with Crippen molar-refractivity contribution < 1.29 is 5.11 Å². The summed E-state index contributed by atoms with van der Waals surface area (Å²) in [4.78, 5) is 11.4. The van der Waals surface area contributed by atoms with E-state index >= 15 is 0 Å². The molecule has 1 aromatic heterocycles. The van der Waals surface area contributed by atoms with Crippen LogP contribution in [0.15, 0.2) is 41.2 Å². The van der Waals surface area contributed by atoms with E-state index in [0.717, 1.165) is 5.56 Å². The summed E-state index contributed by atoms with van der Waals surface area (Å²) in [6.07, 6.45) is 0. The lowest BCUT2D eigenvalue weighted by Crippen LogP contribution is -2.16. The van der Waals surface area contributed by atoms with Crippen LogP contribution in [-0.2, 0) is 13.2 Å². The number of hydrogen-bond donors (Lipinski definition) is 2. The lowest BCUT2D eigenvalue weighted by Gasteiger charge is -2.01. The van der Waals surface area contributed by atoms with Gasteiger partial charge in [-0.25, -0.2) is 4.68 Å². The van der Waals surface area contributed by atoms with E-state index < -0.39 is 0 Å². The van der Waals surface area contributed by atoms with Gasteiger partial charge in [-0.05, 0) is 5.56 Å². The van der Waals surface area contributed by atoms with Gasteiger partial charge in [-0.15, -0.1) is 0 Å². The summed E-state index contributed by atoms with van der Waals surface area (Å²) in [5.41, 5.74) is 1.46. The normalized spacial score (nSPS) is 10.5. The lowest BCUT2D eigenvalue weighted by atomic mass is 10.2. The van der Waals surface area contributed by atoms with Crippen LogP contribution >= 0.6 is 0 Å². The lowest BCUT2D eigenvalue weighted by molar-refractivity contribution is 0.275. The van der Waals surface area contributed by atoms with E-state index in [-0.39, 0.29) is 12.2 Å². The number of aromatic nitrogens is 2. The van der Waals surface area contributed by atoms with Crippen molar-refractivity contribution in [1.29, 1.82) is 0 Å². The molecule has 0 fully saturated rings. The number of hydrogen-bond acceptors (Lipinski definition) is 2. The van der Waals surface area contributed by atoms with Crippen LogP contribution < -0.4 is 5.56 Å². The fraction of sp³-hybridized carbons (Fsp3) is 0.182. The van der Waals surface area contributed by atoms with Crippen molar-refractivity contribution in [3.63, 3.8) is 0 Å². The third kappa shape index (κ3) is 2.16. The van der Waals surface area contributed by atoms with Crippen LogP contribution in [0.5, 0.6) is 0 Å². The van der Waals surface area contributed by atoms with Crippen molar-refractivity contribution in [1.82, 2.24) is 9.78 Å². The Morgan fingerprint density at radius 1 is 1.27 bits per heavy atom. The Labute approximate surface area is 86.8 Å². The second kappa shape index (κ2) is 4.14. The van der Waals surface area contributed by atoms with Crippen LogP contribution in [0.2, 0.25) is 0 Å². The summed E-state index contributed by atoms with van der Waals surface area (Å²) in [5, 5.41) is 11.7. The van der Waals surface area contributed by atoms with Crippen molar-refractivity contribution in [2.75, 3.05) is 0 Å². The number of rotatable bonds is 3. The molecule has 2 N–H and O–H groups in total. The Balaban J connectivity index is 2.25. The highest BCUT2D eigenvalue weighted by Crippen LogP contribution is 2.00. The highest BCUT2D eigenvalue weighted by molar-refractivity contribution is 5.15. The van der Waals surface area contributed by atoms with E-state index in [1.54, 1.807) is 0 Å². The van der Waals surface area contributed by atoms with E-state index in [0.29, 0.717) is 12.2 Å². The summed E-state index contributed by atoms with van der Waals surface area (Å²) >= 11 is 0. The highest BCUT2D eigenvalue weighted by Gasteiger charge is 2.01. The molecule has 0 aliphatic carbocycles. The molecule has 0 bridgehead atoms.